The molecule has 0 radical (unpaired) electrons. The molecule has 1 aromatic rings. The van der Waals surface area contributed by atoms with Crippen molar-refractivity contribution >= 4 is 13.5 Å². The number of nitrogens with zero attached hydrogens (tertiary/aromatic N) is 2. The van der Waals surface area contributed by atoms with Gasteiger partial charge in [-0.25, -0.2) is 0 Å². The molecule has 1 rings (SSSR count). The molecule has 0 saturated heterocycles. The Morgan fingerprint density at radius 3 is 2.25 bits per heavy atom. The first-order chi connectivity index (χ1) is 9.09. The van der Waals surface area contributed by atoms with Gasteiger partial charge in [0.15, 0.2) is 0 Å². The summed E-state index contributed by atoms with van der Waals surface area (Å²) in [5.41, 5.74) is -0.149. The highest BCUT2D eigenvalue weighted by molar-refractivity contribution is 7.46. The van der Waals surface area contributed by atoms with Crippen LogP contribution in [-0.2, 0) is 9.09 Å². The topological polar surface area (TPSA) is 102 Å². The minimum atomic E-state index is -4.47. The fourth-order valence-electron chi connectivity index (χ4n) is 1.21. The largest absolute Gasteiger partial charge is 0.746 e. The highest BCUT2D eigenvalue weighted by Crippen LogP contribution is 2.39. The van der Waals surface area contributed by atoms with E-state index in [0.29, 0.717) is 11.0 Å². The lowest BCUT2D eigenvalue weighted by Gasteiger charge is -2.27. The summed E-state index contributed by atoms with van der Waals surface area (Å²) in [5, 5.41) is 10.5. The minimum Gasteiger partial charge on any atom is -0.746 e. The molecule has 0 aliphatic rings. The standard InChI is InChI=1S/C11H17N2O6P/c1-13(2,3)8-9-18-20(16,17)19-11-6-4-10(5-7-11)12(14)15/h4-7H,8-9H2,1-3H3. The van der Waals surface area contributed by atoms with E-state index in [1.54, 1.807) is 0 Å². The second-order valence-electron chi connectivity index (χ2n) is 5.14. The molecule has 0 bridgehead atoms. The van der Waals surface area contributed by atoms with Crippen LogP contribution in [-0.4, -0.2) is 43.7 Å². The molecule has 112 valence electrons. The van der Waals surface area contributed by atoms with Crippen molar-refractivity contribution in [1.82, 2.24) is 0 Å². The van der Waals surface area contributed by atoms with Gasteiger partial charge in [-0.15, -0.1) is 0 Å². The number of likely N-dealkylation sites (N-methyl/N-ethyl adjacent to an activating group) is 1. The number of hydrogen-bond donors (Lipinski definition) is 0. The van der Waals surface area contributed by atoms with Crippen LogP contribution in [0.1, 0.15) is 0 Å². The summed E-state index contributed by atoms with van der Waals surface area (Å²) in [6, 6.07) is 4.71. The summed E-state index contributed by atoms with van der Waals surface area (Å²) in [4.78, 5) is 21.4. The molecular formula is C11H17N2O6P. The van der Waals surface area contributed by atoms with E-state index in [9.17, 15) is 19.6 Å². The molecule has 8 nitrogen and oxygen atoms in total. The highest BCUT2D eigenvalue weighted by Gasteiger charge is 2.15. The lowest BCUT2D eigenvalue weighted by Crippen LogP contribution is -2.37. The van der Waals surface area contributed by atoms with Crippen molar-refractivity contribution in [1.29, 1.82) is 0 Å². The molecule has 0 saturated carbocycles. The fraction of sp³-hybridized carbons (Fsp3) is 0.455. The van der Waals surface area contributed by atoms with Crippen molar-refractivity contribution in [3.8, 4) is 5.75 Å². The van der Waals surface area contributed by atoms with Gasteiger partial charge < -0.3 is 18.4 Å². The van der Waals surface area contributed by atoms with Gasteiger partial charge in [0.2, 0.25) is 0 Å². The van der Waals surface area contributed by atoms with Crippen molar-refractivity contribution in [3.05, 3.63) is 34.4 Å². The summed E-state index contributed by atoms with van der Waals surface area (Å²) < 4.78 is 21.5. The Hall–Kier alpha value is -1.47. The van der Waals surface area contributed by atoms with Gasteiger partial charge in [0.1, 0.15) is 18.9 Å². The van der Waals surface area contributed by atoms with Gasteiger partial charge in [-0.05, 0) is 12.1 Å². The third kappa shape index (κ3) is 6.12. The Labute approximate surface area is 116 Å². The van der Waals surface area contributed by atoms with E-state index in [1.165, 1.54) is 12.1 Å². The Morgan fingerprint density at radius 1 is 1.25 bits per heavy atom. The summed E-state index contributed by atoms with van der Waals surface area (Å²) in [5.74, 6) is -0.0285. The van der Waals surface area contributed by atoms with Crippen LogP contribution >= 0.6 is 7.82 Å². The van der Waals surface area contributed by atoms with Crippen molar-refractivity contribution in [3.63, 3.8) is 0 Å². The second kappa shape index (κ2) is 6.32. The predicted octanol–water partition coefficient (Wildman–Crippen LogP) is 1.16. The van der Waals surface area contributed by atoms with Gasteiger partial charge in [-0.2, -0.15) is 0 Å². The van der Waals surface area contributed by atoms with E-state index in [2.05, 4.69) is 0 Å². The van der Waals surface area contributed by atoms with E-state index < -0.39 is 12.7 Å². The van der Waals surface area contributed by atoms with Gasteiger partial charge in [-0.3, -0.25) is 14.7 Å². The van der Waals surface area contributed by atoms with Crippen LogP contribution in [0.25, 0.3) is 0 Å². The number of hydrogen-bond acceptors (Lipinski definition) is 6. The average Bonchev–Trinajstić information content (AvgIpc) is 2.26. The highest BCUT2D eigenvalue weighted by atomic mass is 31.2. The average molecular weight is 304 g/mol. The van der Waals surface area contributed by atoms with E-state index in [-0.39, 0.29) is 18.0 Å². The van der Waals surface area contributed by atoms with Crippen molar-refractivity contribution in [2.24, 2.45) is 0 Å². The van der Waals surface area contributed by atoms with Crippen LogP contribution in [0, 0.1) is 10.1 Å². The molecule has 1 unspecified atom stereocenters. The Morgan fingerprint density at radius 2 is 1.80 bits per heavy atom. The smallest absolute Gasteiger partial charge is 0.319 e. The van der Waals surface area contributed by atoms with Crippen LogP contribution in [0.3, 0.4) is 0 Å². The molecule has 0 heterocycles. The monoisotopic (exact) mass is 304 g/mol. The fourth-order valence-corrected chi connectivity index (χ4v) is 1.95. The summed E-state index contributed by atoms with van der Waals surface area (Å²) in [6.07, 6.45) is 0. The maximum atomic E-state index is 11.5. The quantitative estimate of drug-likeness (QED) is 0.324. The summed E-state index contributed by atoms with van der Waals surface area (Å²) in [6.45, 7) is 0.493. The first-order valence-corrected chi connectivity index (χ1v) is 7.25. The van der Waals surface area contributed by atoms with Crippen LogP contribution in [0.5, 0.6) is 5.75 Å². The van der Waals surface area contributed by atoms with Gasteiger partial charge in [0.25, 0.3) is 5.69 Å². The number of phosphoric acid groups is 1. The summed E-state index contributed by atoms with van der Waals surface area (Å²) in [7, 11) is 1.23. The molecule has 0 N–H and O–H groups in total. The van der Waals surface area contributed by atoms with Crippen LogP contribution < -0.4 is 9.42 Å². The maximum absolute atomic E-state index is 11.5. The van der Waals surface area contributed by atoms with Crippen LogP contribution in [0.2, 0.25) is 0 Å². The zero-order chi connectivity index (χ0) is 15.4. The lowest BCUT2D eigenvalue weighted by atomic mass is 10.3. The molecule has 20 heavy (non-hydrogen) atoms. The molecule has 0 amide bonds. The molecule has 0 spiro atoms. The number of nitro benzene ring substituents is 1. The van der Waals surface area contributed by atoms with E-state index in [0.717, 1.165) is 12.1 Å². The van der Waals surface area contributed by atoms with E-state index in [1.807, 2.05) is 21.1 Å². The molecule has 0 fully saturated rings. The SMILES string of the molecule is C[N+](C)(C)CCOP(=O)([O-])Oc1ccc([N+](=O)[O-])cc1. The minimum absolute atomic E-state index is 0.00272. The van der Waals surface area contributed by atoms with E-state index >= 15 is 0 Å². The van der Waals surface area contributed by atoms with E-state index in [4.69, 9.17) is 9.05 Å². The molecule has 0 aromatic heterocycles. The zero-order valence-electron chi connectivity index (χ0n) is 11.5. The van der Waals surface area contributed by atoms with Gasteiger partial charge in [0.05, 0.1) is 26.1 Å². The van der Waals surface area contributed by atoms with Gasteiger partial charge >= 0.3 is 7.82 Å². The first-order valence-electron chi connectivity index (χ1n) is 5.79. The Balaban J connectivity index is 2.57. The summed E-state index contributed by atoms with van der Waals surface area (Å²) >= 11 is 0. The lowest BCUT2D eigenvalue weighted by molar-refractivity contribution is -0.870. The number of nitro groups is 1. The predicted molar refractivity (Wildman–Crippen MR) is 70.2 cm³/mol. The molecule has 1 atom stereocenters. The van der Waals surface area contributed by atoms with Crippen molar-refractivity contribution in [2.75, 3.05) is 34.3 Å². The number of benzene rings is 1. The Bertz CT molecular complexity index is 511. The molecule has 1 aromatic carbocycles. The molecular weight excluding hydrogens is 287 g/mol. The number of phosphoric ester groups is 1. The molecule has 9 heteroatoms. The molecule has 0 aliphatic heterocycles. The second-order valence-corrected chi connectivity index (χ2v) is 6.47. The third-order valence-corrected chi connectivity index (χ3v) is 3.21. The van der Waals surface area contributed by atoms with Gasteiger partial charge in [0, 0.05) is 12.1 Å². The molecule has 0 aliphatic carbocycles. The maximum Gasteiger partial charge on any atom is 0.319 e. The van der Waals surface area contributed by atoms with Crippen molar-refractivity contribution in [2.45, 2.75) is 0 Å². The normalized spacial score (nSPS) is 14.6. The van der Waals surface area contributed by atoms with Crippen LogP contribution in [0.4, 0.5) is 5.69 Å². The van der Waals surface area contributed by atoms with Crippen molar-refractivity contribution < 1.29 is 27.9 Å². The first kappa shape index (κ1) is 16.6. The third-order valence-electron chi connectivity index (χ3n) is 2.28. The Kier molecular flexibility index (Phi) is 5.24. The zero-order valence-corrected chi connectivity index (χ0v) is 12.4. The number of non-ortho nitro benzene ring substituents is 1. The number of rotatable bonds is 7. The number of quaternary nitrogens is 1. The van der Waals surface area contributed by atoms with Crippen LogP contribution in [0.15, 0.2) is 24.3 Å². The van der Waals surface area contributed by atoms with Gasteiger partial charge in [-0.1, -0.05) is 0 Å².